The van der Waals surface area contributed by atoms with Gasteiger partial charge in [-0.15, -0.1) is 0 Å². The first-order valence-corrected chi connectivity index (χ1v) is 11.9. The van der Waals surface area contributed by atoms with E-state index in [2.05, 4.69) is 18.4 Å². The van der Waals surface area contributed by atoms with Gasteiger partial charge >= 0.3 is 5.97 Å². The highest BCUT2D eigenvalue weighted by Crippen LogP contribution is 2.42. The summed E-state index contributed by atoms with van der Waals surface area (Å²) in [4.78, 5) is 18.1. The number of benzene rings is 1. The van der Waals surface area contributed by atoms with Gasteiger partial charge in [-0.1, -0.05) is 23.7 Å². The second kappa shape index (κ2) is 9.51. The number of aromatic nitrogens is 2. The molecular weight excluding hydrogens is 464 g/mol. The molecule has 0 amide bonds. The van der Waals surface area contributed by atoms with Crippen molar-refractivity contribution in [3.05, 3.63) is 76.0 Å². The number of esters is 1. The highest BCUT2D eigenvalue weighted by molar-refractivity contribution is 6.30. The molecule has 4 rings (SSSR count). The number of aryl methyl sites for hydroxylation is 2. The Balaban J connectivity index is 2.09. The van der Waals surface area contributed by atoms with Gasteiger partial charge in [0.2, 0.25) is 0 Å². The molecule has 7 heteroatoms. The number of nitrogens with zero attached hydrogens (tertiary/aromatic N) is 2. The summed E-state index contributed by atoms with van der Waals surface area (Å²) < 4.78 is 19.0. The fourth-order valence-corrected chi connectivity index (χ4v) is 4.60. The van der Waals surface area contributed by atoms with Crippen molar-refractivity contribution in [3.63, 3.8) is 0 Å². The predicted octanol–water partition coefficient (Wildman–Crippen LogP) is 6.95. The highest BCUT2D eigenvalue weighted by Gasteiger charge is 2.34. The Kier molecular flexibility index (Phi) is 6.80. The molecule has 1 atom stereocenters. The Labute approximate surface area is 210 Å². The molecule has 3 heterocycles. The lowest BCUT2D eigenvalue weighted by Gasteiger charge is -2.28. The van der Waals surface area contributed by atoms with Crippen LogP contribution in [0, 0.1) is 20.8 Å². The predicted molar refractivity (Wildman–Crippen MR) is 138 cm³/mol. The number of ether oxygens (including phenoxy) is 2. The summed E-state index contributed by atoms with van der Waals surface area (Å²) in [6.07, 6.45) is 2.47. The lowest BCUT2D eigenvalue weighted by atomic mass is 9.91. The molecule has 1 aromatic carbocycles. The fraction of sp³-hybridized carbons (Fsp3) is 0.357. The summed E-state index contributed by atoms with van der Waals surface area (Å²) in [6, 6.07) is 9.59. The maximum absolute atomic E-state index is 13.1. The molecule has 4 aromatic rings. The quantitative estimate of drug-likeness (QED) is 0.271. The van der Waals surface area contributed by atoms with Crippen LogP contribution in [0.15, 0.2) is 47.3 Å². The summed E-state index contributed by atoms with van der Waals surface area (Å²) in [5, 5.41) is 1.61. The van der Waals surface area contributed by atoms with Crippen molar-refractivity contribution in [3.8, 4) is 11.1 Å². The Morgan fingerprint density at radius 2 is 1.83 bits per heavy atom. The van der Waals surface area contributed by atoms with Crippen LogP contribution in [0.4, 0.5) is 0 Å². The number of methoxy groups -OCH3 is 1. The zero-order valence-electron chi connectivity index (χ0n) is 21.2. The number of rotatable bonds is 6. The average Bonchev–Trinajstić information content (AvgIpc) is 3.39. The van der Waals surface area contributed by atoms with Crippen LogP contribution in [0.5, 0.6) is 0 Å². The van der Waals surface area contributed by atoms with Crippen LogP contribution in [-0.2, 0) is 20.8 Å². The van der Waals surface area contributed by atoms with E-state index in [-0.39, 0.29) is 0 Å². The SMILES string of the molecule is COC(=O)[C@@H](OC(C)(C)C)c1c(C)nc2c(c(C)c(C)n2Cc2ccoc2)c1-c1ccc(Cl)cc1. The van der Waals surface area contributed by atoms with E-state index < -0.39 is 17.7 Å². The maximum atomic E-state index is 13.1. The molecule has 35 heavy (non-hydrogen) atoms. The van der Waals surface area contributed by atoms with E-state index >= 15 is 0 Å². The average molecular weight is 495 g/mol. The first-order chi connectivity index (χ1) is 16.5. The van der Waals surface area contributed by atoms with Crippen molar-refractivity contribution in [2.24, 2.45) is 0 Å². The second-order valence-corrected chi connectivity index (χ2v) is 10.2. The van der Waals surface area contributed by atoms with Gasteiger partial charge < -0.3 is 18.5 Å². The Hall–Kier alpha value is -3.09. The molecule has 0 aliphatic rings. The molecule has 3 aromatic heterocycles. The van der Waals surface area contributed by atoms with Crippen LogP contribution in [-0.4, -0.2) is 28.2 Å². The zero-order valence-corrected chi connectivity index (χ0v) is 22.0. The van der Waals surface area contributed by atoms with Crippen LogP contribution in [0.1, 0.15) is 55.0 Å². The lowest BCUT2D eigenvalue weighted by Crippen LogP contribution is -2.29. The third-order valence-corrected chi connectivity index (χ3v) is 6.44. The number of carbonyl (C=O) groups is 1. The minimum absolute atomic E-state index is 0.466. The molecule has 0 N–H and O–H groups in total. The number of carbonyl (C=O) groups excluding carboxylic acids is 1. The van der Waals surface area contributed by atoms with Crippen molar-refractivity contribution < 1.29 is 18.7 Å². The summed E-state index contributed by atoms with van der Waals surface area (Å²) >= 11 is 6.23. The number of halogens is 1. The highest BCUT2D eigenvalue weighted by atomic mass is 35.5. The van der Waals surface area contributed by atoms with Gasteiger partial charge in [0.05, 0.1) is 31.8 Å². The molecule has 0 saturated carbocycles. The molecule has 0 bridgehead atoms. The molecule has 0 spiro atoms. The first kappa shape index (κ1) is 25.0. The van der Waals surface area contributed by atoms with E-state index in [0.29, 0.717) is 22.8 Å². The van der Waals surface area contributed by atoms with Crippen molar-refractivity contribution in [1.29, 1.82) is 0 Å². The molecule has 0 aliphatic heterocycles. The van der Waals surface area contributed by atoms with E-state index in [1.807, 2.05) is 58.0 Å². The van der Waals surface area contributed by atoms with Crippen LogP contribution in [0.25, 0.3) is 22.2 Å². The van der Waals surface area contributed by atoms with Crippen LogP contribution < -0.4 is 0 Å². The molecule has 0 aliphatic carbocycles. The maximum Gasteiger partial charge on any atom is 0.339 e. The summed E-state index contributed by atoms with van der Waals surface area (Å²) in [7, 11) is 1.38. The minimum Gasteiger partial charge on any atom is -0.472 e. The fourth-order valence-electron chi connectivity index (χ4n) is 4.48. The molecule has 0 radical (unpaired) electrons. The molecule has 6 nitrogen and oxygen atoms in total. The second-order valence-electron chi connectivity index (χ2n) is 9.75. The van der Waals surface area contributed by atoms with Gasteiger partial charge in [-0.3, -0.25) is 0 Å². The number of furan rings is 1. The van der Waals surface area contributed by atoms with Gasteiger partial charge in [-0.2, -0.15) is 0 Å². The first-order valence-electron chi connectivity index (χ1n) is 11.5. The zero-order chi connectivity index (χ0) is 25.5. The Bertz CT molecular complexity index is 1360. The molecule has 0 fully saturated rings. The van der Waals surface area contributed by atoms with Crippen molar-refractivity contribution >= 4 is 28.6 Å². The molecule has 0 saturated heterocycles. The topological polar surface area (TPSA) is 66.5 Å². The Morgan fingerprint density at radius 1 is 1.14 bits per heavy atom. The van der Waals surface area contributed by atoms with Crippen molar-refractivity contribution in [2.45, 2.75) is 59.8 Å². The third kappa shape index (κ3) is 4.86. The largest absolute Gasteiger partial charge is 0.472 e. The van der Waals surface area contributed by atoms with Gasteiger partial charge in [0.15, 0.2) is 6.10 Å². The smallest absolute Gasteiger partial charge is 0.339 e. The number of hydrogen-bond donors (Lipinski definition) is 0. The van der Waals surface area contributed by atoms with E-state index in [9.17, 15) is 4.79 Å². The minimum atomic E-state index is -0.945. The van der Waals surface area contributed by atoms with Crippen LogP contribution >= 0.6 is 11.6 Å². The van der Waals surface area contributed by atoms with E-state index in [4.69, 9.17) is 30.5 Å². The summed E-state index contributed by atoms with van der Waals surface area (Å²) in [6.45, 7) is 12.5. The molecule has 0 unspecified atom stereocenters. The van der Waals surface area contributed by atoms with Crippen molar-refractivity contribution in [2.75, 3.05) is 7.11 Å². The lowest BCUT2D eigenvalue weighted by molar-refractivity contribution is -0.164. The third-order valence-electron chi connectivity index (χ3n) is 6.19. The van der Waals surface area contributed by atoms with Gasteiger partial charge in [0.25, 0.3) is 0 Å². The van der Waals surface area contributed by atoms with Crippen LogP contribution in [0.2, 0.25) is 5.02 Å². The van der Waals surface area contributed by atoms with Gasteiger partial charge in [0.1, 0.15) is 5.65 Å². The van der Waals surface area contributed by atoms with E-state index in [1.165, 1.54) is 7.11 Å². The van der Waals surface area contributed by atoms with Gasteiger partial charge in [-0.25, -0.2) is 9.78 Å². The van der Waals surface area contributed by atoms with Gasteiger partial charge in [0, 0.05) is 38.5 Å². The number of fused-ring (bicyclic) bond motifs is 1. The number of hydrogen-bond acceptors (Lipinski definition) is 5. The van der Waals surface area contributed by atoms with E-state index in [0.717, 1.165) is 39.0 Å². The monoisotopic (exact) mass is 494 g/mol. The van der Waals surface area contributed by atoms with Crippen molar-refractivity contribution in [1.82, 2.24) is 9.55 Å². The molecular formula is C28H31ClN2O4. The standard InChI is InChI=1S/C28H31ClN2O4/c1-16-18(3)31(14-19-12-13-34-15-19)26-22(16)24(20-8-10-21(29)11-9-20)23(17(2)30-26)25(27(32)33-7)35-28(4,5)6/h8-13,15,25H,14H2,1-7H3/t25-/m0/s1. The number of pyridine rings is 1. The summed E-state index contributed by atoms with van der Waals surface area (Å²) in [5.41, 5.74) is 6.70. The van der Waals surface area contributed by atoms with E-state index in [1.54, 1.807) is 12.5 Å². The normalized spacial score (nSPS) is 12.8. The van der Waals surface area contributed by atoms with Gasteiger partial charge in [-0.05, 0) is 70.9 Å². The molecule has 184 valence electrons. The summed E-state index contributed by atoms with van der Waals surface area (Å²) in [5.74, 6) is -0.466. The Morgan fingerprint density at radius 3 is 2.40 bits per heavy atom. The van der Waals surface area contributed by atoms with Crippen LogP contribution in [0.3, 0.4) is 0 Å².